The number of rotatable bonds is 3. The molecule has 0 bridgehead atoms. The molecular weight excluding hydrogens is 339 g/mol. The minimum atomic E-state index is -2.55. The molecule has 0 atom stereocenters. The zero-order chi connectivity index (χ0) is 17.3. The molecule has 0 spiro atoms. The number of hydrogen-bond acceptors (Lipinski definition) is 3. The van der Waals surface area contributed by atoms with Gasteiger partial charge in [0.2, 0.25) is 0 Å². The van der Waals surface area contributed by atoms with Crippen LogP contribution in [0.1, 0.15) is 11.1 Å². The minimum absolute atomic E-state index is 0.115. The van der Waals surface area contributed by atoms with Crippen molar-refractivity contribution in [3.8, 4) is 0 Å². The average molecular weight is 354 g/mol. The van der Waals surface area contributed by atoms with Gasteiger partial charge in [0.05, 0.1) is 17.8 Å². The van der Waals surface area contributed by atoms with Gasteiger partial charge in [-0.25, -0.2) is 18.2 Å². The Kier molecular flexibility index (Phi) is 4.66. The first-order valence-electron chi connectivity index (χ1n) is 7.36. The highest BCUT2D eigenvalue weighted by Crippen LogP contribution is 2.36. The van der Waals surface area contributed by atoms with Gasteiger partial charge in [0.15, 0.2) is 0 Å². The molecule has 3 nitrogen and oxygen atoms in total. The zero-order valence-electron chi connectivity index (χ0n) is 12.9. The van der Waals surface area contributed by atoms with Crippen molar-refractivity contribution < 1.29 is 13.2 Å². The van der Waals surface area contributed by atoms with E-state index in [-0.39, 0.29) is 23.1 Å². The van der Waals surface area contributed by atoms with Crippen LogP contribution in [0.25, 0.3) is 0 Å². The summed E-state index contributed by atoms with van der Waals surface area (Å²) in [6, 6.07) is 10.4. The number of nitrogens with one attached hydrogen (secondary N) is 1. The van der Waals surface area contributed by atoms with Crippen LogP contribution in [0, 0.1) is 12.7 Å². The predicted octanol–water partition coefficient (Wildman–Crippen LogP) is 4.50. The largest absolute Gasteiger partial charge is 0.364 e. The van der Waals surface area contributed by atoms with Crippen LogP contribution in [0.2, 0.25) is 5.02 Å². The van der Waals surface area contributed by atoms with E-state index < -0.39 is 18.8 Å². The van der Waals surface area contributed by atoms with E-state index in [9.17, 15) is 13.2 Å². The van der Waals surface area contributed by atoms with E-state index in [0.717, 1.165) is 17.3 Å². The summed E-state index contributed by atoms with van der Waals surface area (Å²) in [5.41, 5.74) is 2.50. The van der Waals surface area contributed by atoms with Crippen molar-refractivity contribution in [3.05, 3.63) is 58.4 Å². The Labute approximate surface area is 142 Å². The number of hydrogen-bond donors (Lipinski definition) is 1. The number of fused-ring (bicyclic) bond motifs is 1. The average Bonchev–Trinajstić information content (AvgIpc) is 2.53. The molecule has 0 amide bonds. The van der Waals surface area contributed by atoms with Crippen molar-refractivity contribution in [1.29, 1.82) is 0 Å². The summed E-state index contributed by atoms with van der Waals surface area (Å²) in [6.07, 6.45) is -2.55. The maximum atomic E-state index is 14.5. The van der Waals surface area contributed by atoms with Gasteiger partial charge in [-0.1, -0.05) is 29.8 Å². The second kappa shape index (κ2) is 6.73. The Hall–Kier alpha value is -2.21. The third kappa shape index (κ3) is 3.19. The van der Waals surface area contributed by atoms with Crippen LogP contribution in [0.3, 0.4) is 0 Å². The number of aryl methyl sites for hydroxylation is 1. The fourth-order valence-corrected chi connectivity index (χ4v) is 2.89. The molecule has 0 saturated carbocycles. The number of para-hydroxylation sites is 1. The number of alkyl halides is 2. The Morgan fingerprint density at radius 3 is 2.71 bits per heavy atom. The first-order valence-corrected chi connectivity index (χ1v) is 7.74. The summed E-state index contributed by atoms with van der Waals surface area (Å²) in [6.45, 7) is 1.53. The quantitative estimate of drug-likeness (QED) is 0.880. The number of amidine groups is 1. The molecule has 0 fully saturated rings. The van der Waals surface area contributed by atoms with Crippen LogP contribution in [-0.2, 0) is 0 Å². The van der Waals surface area contributed by atoms with Gasteiger partial charge < -0.3 is 10.2 Å². The Morgan fingerprint density at radius 1 is 1.25 bits per heavy atom. The molecule has 2 aromatic carbocycles. The molecular formula is C17H15ClF3N3. The summed E-state index contributed by atoms with van der Waals surface area (Å²) in [5.74, 6) is -0.486. The van der Waals surface area contributed by atoms with E-state index in [1.54, 1.807) is 6.07 Å². The monoisotopic (exact) mass is 353 g/mol. The molecule has 0 saturated heterocycles. The second-order valence-corrected chi connectivity index (χ2v) is 5.85. The molecule has 126 valence electrons. The number of halogens is 4. The van der Waals surface area contributed by atoms with Crippen LogP contribution in [-0.4, -0.2) is 25.5 Å². The van der Waals surface area contributed by atoms with Gasteiger partial charge in [-0.15, -0.1) is 0 Å². The third-order valence-electron chi connectivity index (χ3n) is 3.76. The summed E-state index contributed by atoms with van der Waals surface area (Å²) < 4.78 is 39.4. The van der Waals surface area contributed by atoms with E-state index >= 15 is 0 Å². The molecule has 1 aliphatic heterocycles. The Balaban J connectivity index is 2.08. The van der Waals surface area contributed by atoms with E-state index in [0.29, 0.717) is 5.69 Å². The Bertz CT molecular complexity index is 793. The van der Waals surface area contributed by atoms with Crippen LogP contribution < -0.4 is 10.2 Å². The van der Waals surface area contributed by atoms with Gasteiger partial charge in [-0.05, 0) is 30.7 Å². The van der Waals surface area contributed by atoms with Crippen LogP contribution in [0.4, 0.5) is 24.5 Å². The van der Waals surface area contributed by atoms with Gasteiger partial charge in [0.25, 0.3) is 6.43 Å². The topological polar surface area (TPSA) is 27.6 Å². The van der Waals surface area contributed by atoms with Gasteiger partial charge in [0.1, 0.15) is 18.3 Å². The molecule has 1 N–H and O–H groups in total. The number of anilines is 2. The molecule has 2 aromatic rings. The lowest BCUT2D eigenvalue weighted by atomic mass is 10.1. The van der Waals surface area contributed by atoms with Crippen LogP contribution in [0.5, 0.6) is 0 Å². The fraction of sp³-hybridized carbons (Fsp3) is 0.235. The van der Waals surface area contributed by atoms with Gasteiger partial charge in [0, 0.05) is 10.7 Å². The fourth-order valence-electron chi connectivity index (χ4n) is 2.69. The lowest BCUT2D eigenvalue weighted by molar-refractivity contribution is 0.152. The highest BCUT2D eigenvalue weighted by molar-refractivity contribution is 6.31. The SMILES string of the molecule is Cc1ccccc1N1CN=C(NCC(F)F)c2c(F)cc(Cl)cc21. The van der Waals surface area contributed by atoms with Crippen molar-refractivity contribution >= 4 is 28.8 Å². The van der Waals surface area contributed by atoms with E-state index in [1.165, 1.54) is 0 Å². The summed E-state index contributed by atoms with van der Waals surface area (Å²) in [5, 5.41) is 2.75. The molecule has 24 heavy (non-hydrogen) atoms. The highest BCUT2D eigenvalue weighted by atomic mass is 35.5. The molecule has 0 aliphatic carbocycles. The first kappa shape index (κ1) is 16.6. The molecule has 0 radical (unpaired) electrons. The van der Waals surface area contributed by atoms with Gasteiger partial charge in [-0.3, -0.25) is 0 Å². The zero-order valence-corrected chi connectivity index (χ0v) is 13.6. The lowest BCUT2D eigenvalue weighted by Gasteiger charge is -2.31. The van der Waals surface area contributed by atoms with Crippen LogP contribution >= 0.6 is 11.6 Å². The predicted molar refractivity (Wildman–Crippen MR) is 90.1 cm³/mol. The van der Waals surface area contributed by atoms with Crippen molar-refractivity contribution in [2.24, 2.45) is 4.99 Å². The van der Waals surface area contributed by atoms with Crippen molar-refractivity contribution in [2.75, 3.05) is 18.1 Å². The maximum absolute atomic E-state index is 14.5. The summed E-state index contributed by atoms with van der Waals surface area (Å²) in [7, 11) is 0. The molecule has 0 unspecified atom stereocenters. The molecule has 3 rings (SSSR count). The number of aliphatic imine (C=N–C) groups is 1. The summed E-state index contributed by atoms with van der Waals surface area (Å²) >= 11 is 6.00. The van der Waals surface area contributed by atoms with Crippen molar-refractivity contribution in [2.45, 2.75) is 13.3 Å². The normalized spacial score (nSPS) is 13.8. The van der Waals surface area contributed by atoms with Gasteiger partial charge >= 0.3 is 0 Å². The first-order chi connectivity index (χ1) is 11.5. The number of benzene rings is 2. The van der Waals surface area contributed by atoms with Crippen LogP contribution in [0.15, 0.2) is 41.4 Å². The second-order valence-electron chi connectivity index (χ2n) is 5.42. The van der Waals surface area contributed by atoms with Crippen molar-refractivity contribution in [3.63, 3.8) is 0 Å². The van der Waals surface area contributed by atoms with E-state index in [2.05, 4.69) is 10.3 Å². The summed E-state index contributed by atoms with van der Waals surface area (Å²) in [4.78, 5) is 6.06. The lowest BCUT2D eigenvalue weighted by Crippen LogP contribution is -2.36. The molecule has 1 heterocycles. The van der Waals surface area contributed by atoms with Crippen molar-refractivity contribution in [1.82, 2.24) is 5.32 Å². The molecule has 7 heteroatoms. The minimum Gasteiger partial charge on any atom is -0.364 e. The van der Waals surface area contributed by atoms with Gasteiger partial charge in [-0.2, -0.15) is 0 Å². The van der Waals surface area contributed by atoms with E-state index in [1.807, 2.05) is 36.1 Å². The number of nitrogens with zero attached hydrogens (tertiary/aromatic N) is 2. The molecule has 1 aliphatic rings. The molecule has 0 aromatic heterocycles. The third-order valence-corrected chi connectivity index (χ3v) is 3.98. The smallest absolute Gasteiger partial charge is 0.255 e. The highest BCUT2D eigenvalue weighted by Gasteiger charge is 2.26. The van der Waals surface area contributed by atoms with E-state index in [4.69, 9.17) is 11.6 Å². The maximum Gasteiger partial charge on any atom is 0.255 e. The standard InChI is InChI=1S/C17H15ClF3N3/c1-10-4-2-3-5-13(10)24-9-23-17(22-8-15(20)21)16-12(19)6-11(18)7-14(16)24/h2-7,15H,8-9H2,1H3,(H,22,23). The Morgan fingerprint density at radius 2 is 2.00 bits per heavy atom.